The molecule has 0 aliphatic carbocycles. The van der Waals surface area contributed by atoms with Crippen LogP contribution in [0.5, 0.6) is 0 Å². The number of nitro benzene ring substituents is 1. The number of anilines is 1. The lowest BCUT2D eigenvalue weighted by Crippen LogP contribution is -2.38. The fourth-order valence-corrected chi connectivity index (χ4v) is 1.71. The number of hydrogen-bond acceptors (Lipinski definition) is 5. The van der Waals surface area contributed by atoms with Crippen molar-refractivity contribution in [2.24, 2.45) is 0 Å². The second kappa shape index (κ2) is 7.07. The van der Waals surface area contributed by atoms with Gasteiger partial charge in [-0.25, -0.2) is 0 Å². The summed E-state index contributed by atoms with van der Waals surface area (Å²) in [5.41, 5.74) is -0.388. The van der Waals surface area contributed by atoms with Crippen LogP contribution in [0.3, 0.4) is 0 Å². The van der Waals surface area contributed by atoms with Crippen LogP contribution in [-0.4, -0.2) is 47.8 Å². The van der Waals surface area contributed by atoms with Crippen molar-refractivity contribution in [2.75, 3.05) is 25.5 Å². The highest BCUT2D eigenvalue weighted by molar-refractivity contribution is 5.95. The van der Waals surface area contributed by atoms with Crippen molar-refractivity contribution in [1.29, 1.82) is 0 Å². The number of carbonyl (C=O) groups excluding carboxylic acids is 2. The van der Waals surface area contributed by atoms with Gasteiger partial charge in [-0.2, -0.15) is 13.2 Å². The van der Waals surface area contributed by atoms with Crippen molar-refractivity contribution in [3.8, 4) is 0 Å². The minimum absolute atomic E-state index is 0.0613. The zero-order chi connectivity index (χ0) is 17.8. The van der Waals surface area contributed by atoms with Crippen LogP contribution >= 0.6 is 0 Å². The normalized spacial score (nSPS) is 11.0. The van der Waals surface area contributed by atoms with E-state index in [0.717, 1.165) is 13.1 Å². The molecule has 0 heterocycles. The van der Waals surface area contributed by atoms with Crippen LogP contribution < -0.4 is 5.32 Å². The second-order valence-corrected chi connectivity index (χ2v) is 4.76. The molecule has 1 aromatic rings. The SMILES string of the molecule is CC(=O)c1ccc(NCC(=O)N(C)CC(F)(F)F)c([N+](=O)[O-])c1. The van der Waals surface area contributed by atoms with Gasteiger partial charge in [-0.05, 0) is 19.1 Å². The molecule has 126 valence electrons. The Morgan fingerprint density at radius 2 is 1.96 bits per heavy atom. The van der Waals surface area contributed by atoms with Gasteiger partial charge < -0.3 is 10.2 Å². The summed E-state index contributed by atoms with van der Waals surface area (Å²) >= 11 is 0. The molecule has 0 spiro atoms. The molecule has 0 atom stereocenters. The minimum Gasteiger partial charge on any atom is -0.371 e. The van der Waals surface area contributed by atoms with E-state index in [1.807, 2.05) is 0 Å². The van der Waals surface area contributed by atoms with Gasteiger partial charge in [0.15, 0.2) is 5.78 Å². The van der Waals surface area contributed by atoms with Crippen molar-refractivity contribution in [3.05, 3.63) is 33.9 Å². The predicted octanol–water partition coefficient (Wildman–Crippen LogP) is 2.23. The molecule has 0 radical (unpaired) electrons. The average molecular weight is 333 g/mol. The Labute approximate surface area is 129 Å². The Kier molecular flexibility index (Phi) is 5.66. The fourth-order valence-electron chi connectivity index (χ4n) is 1.71. The lowest BCUT2D eigenvalue weighted by atomic mass is 10.1. The molecule has 0 unspecified atom stereocenters. The number of rotatable bonds is 6. The van der Waals surface area contributed by atoms with Gasteiger partial charge in [0.1, 0.15) is 12.2 Å². The highest BCUT2D eigenvalue weighted by Crippen LogP contribution is 2.25. The van der Waals surface area contributed by atoms with E-state index in [-0.39, 0.29) is 17.0 Å². The topological polar surface area (TPSA) is 92.6 Å². The number of alkyl halides is 3. The van der Waals surface area contributed by atoms with Crippen LogP contribution in [0.1, 0.15) is 17.3 Å². The summed E-state index contributed by atoms with van der Waals surface area (Å²) in [6, 6.07) is 3.59. The first kappa shape index (κ1) is 18.4. The van der Waals surface area contributed by atoms with E-state index in [2.05, 4.69) is 5.32 Å². The first-order valence-electron chi connectivity index (χ1n) is 6.35. The van der Waals surface area contributed by atoms with Crippen molar-refractivity contribution >= 4 is 23.1 Å². The number of likely N-dealkylation sites (N-methyl/N-ethyl adjacent to an activating group) is 1. The van der Waals surface area contributed by atoms with E-state index >= 15 is 0 Å². The second-order valence-electron chi connectivity index (χ2n) is 4.76. The van der Waals surface area contributed by atoms with Gasteiger partial charge in [0.25, 0.3) is 5.69 Å². The number of amides is 1. The Hall–Kier alpha value is -2.65. The molecule has 1 aromatic carbocycles. The number of carbonyl (C=O) groups is 2. The quantitative estimate of drug-likeness (QED) is 0.489. The number of hydrogen-bond donors (Lipinski definition) is 1. The molecule has 23 heavy (non-hydrogen) atoms. The Balaban J connectivity index is 2.83. The molecule has 0 aliphatic rings. The first-order chi connectivity index (χ1) is 10.5. The molecular formula is C13H14F3N3O4. The average Bonchev–Trinajstić information content (AvgIpc) is 2.42. The molecule has 7 nitrogen and oxygen atoms in total. The molecule has 0 fully saturated rings. The van der Waals surface area contributed by atoms with Crippen LogP contribution in [0, 0.1) is 10.1 Å². The lowest BCUT2D eigenvalue weighted by Gasteiger charge is -2.19. The van der Waals surface area contributed by atoms with E-state index in [4.69, 9.17) is 0 Å². The van der Waals surface area contributed by atoms with E-state index in [0.29, 0.717) is 4.90 Å². The Morgan fingerprint density at radius 1 is 1.35 bits per heavy atom. The largest absolute Gasteiger partial charge is 0.406 e. The van der Waals surface area contributed by atoms with Crippen molar-refractivity contribution in [1.82, 2.24) is 4.90 Å². The summed E-state index contributed by atoms with van der Waals surface area (Å²) in [6.45, 7) is -0.729. The minimum atomic E-state index is -4.53. The van der Waals surface area contributed by atoms with Crippen molar-refractivity contribution in [2.45, 2.75) is 13.1 Å². The van der Waals surface area contributed by atoms with Crippen molar-refractivity contribution in [3.63, 3.8) is 0 Å². The number of nitrogens with one attached hydrogen (secondary N) is 1. The van der Waals surface area contributed by atoms with Crippen molar-refractivity contribution < 1.29 is 27.7 Å². The maximum absolute atomic E-state index is 12.2. The van der Waals surface area contributed by atoms with Gasteiger partial charge in [0, 0.05) is 18.7 Å². The molecule has 1 N–H and O–H groups in total. The molecule has 0 aliphatic heterocycles. The third-order valence-corrected chi connectivity index (χ3v) is 2.87. The Bertz CT molecular complexity index is 631. The van der Waals surface area contributed by atoms with Gasteiger partial charge in [-0.3, -0.25) is 19.7 Å². The van der Waals surface area contributed by atoms with Crippen LogP contribution in [0.25, 0.3) is 0 Å². The summed E-state index contributed by atoms with van der Waals surface area (Å²) < 4.78 is 36.6. The van der Waals surface area contributed by atoms with Gasteiger partial charge >= 0.3 is 6.18 Å². The number of benzene rings is 1. The molecule has 0 saturated carbocycles. The van der Waals surface area contributed by atoms with Gasteiger partial charge in [0.2, 0.25) is 5.91 Å². The fraction of sp³-hybridized carbons (Fsp3) is 0.385. The molecule has 0 saturated heterocycles. The van der Waals surface area contributed by atoms with E-state index in [1.54, 1.807) is 0 Å². The zero-order valence-electron chi connectivity index (χ0n) is 12.3. The zero-order valence-corrected chi connectivity index (χ0v) is 12.3. The first-order valence-corrected chi connectivity index (χ1v) is 6.35. The third-order valence-electron chi connectivity index (χ3n) is 2.87. The summed E-state index contributed by atoms with van der Waals surface area (Å²) in [7, 11) is 0.977. The van der Waals surface area contributed by atoms with E-state index < -0.39 is 35.8 Å². The monoisotopic (exact) mass is 333 g/mol. The molecule has 1 rings (SSSR count). The number of nitrogens with zero attached hydrogens (tertiary/aromatic N) is 2. The highest BCUT2D eigenvalue weighted by atomic mass is 19.4. The smallest absolute Gasteiger partial charge is 0.371 e. The van der Waals surface area contributed by atoms with Crippen LogP contribution in [0.4, 0.5) is 24.5 Å². The maximum Gasteiger partial charge on any atom is 0.406 e. The van der Waals surface area contributed by atoms with Crippen LogP contribution in [-0.2, 0) is 4.79 Å². The lowest BCUT2D eigenvalue weighted by molar-refractivity contribution is -0.384. The summed E-state index contributed by atoms with van der Waals surface area (Å²) in [6.07, 6.45) is -4.53. The number of nitro groups is 1. The number of halogens is 3. The van der Waals surface area contributed by atoms with E-state index in [9.17, 15) is 32.9 Å². The summed E-state index contributed by atoms with van der Waals surface area (Å²) in [4.78, 5) is 33.5. The summed E-state index contributed by atoms with van der Waals surface area (Å²) in [5.74, 6) is -1.26. The number of Topliss-reactive ketones (excluding diaryl/α,β-unsaturated/α-hetero) is 1. The Morgan fingerprint density at radius 3 is 2.43 bits per heavy atom. The highest BCUT2D eigenvalue weighted by Gasteiger charge is 2.31. The molecule has 0 aromatic heterocycles. The standard InChI is InChI=1S/C13H14F3N3O4/c1-8(20)9-3-4-10(11(5-9)19(22)23)17-6-12(21)18(2)7-13(14,15)16/h3-5,17H,6-7H2,1-2H3. The van der Waals surface area contributed by atoms with Gasteiger partial charge in [-0.15, -0.1) is 0 Å². The van der Waals surface area contributed by atoms with Crippen LogP contribution in [0.2, 0.25) is 0 Å². The van der Waals surface area contributed by atoms with Gasteiger partial charge in [0.05, 0.1) is 11.5 Å². The summed E-state index contributed by atoms with van der Waals surface area (Å²) in [5, 5.41) is 13.4. The maximum atomic E-state index is 12.2. The van der Waals surface area contributed by atoms with Gasteiger partial charge in [-0.1, -0.05) is 0 Å². The predicted molar refractivity (Wildman–Crippen MR) is 75.3 cm³/mol. The molecule has 0 bridgehead atoms. The molecule has 10 heteroatoms. The van der Waals surface area contributed by atoms with E-state index in [1.165, 1.54) is 19.1 Å². The number of ketones is 1. The molecule has 1 amide bonds. The third kappa shape index (κ3) is 5.57. The molecular weight excluding hydrogens is 319 g/mol. The van der Waals surface area contributed by atoms with Crippen LogP contribution in [0.15, 0.2) is 18.2 Å².